The first-order chi connectivity index (χ1) is 8.39. The fraction of sp³-hybridized carbons (Fsp3) is 0.929. The van der Waals surface area contributed by atoms with Gasteiger partial charge in [0.05, 0.1) is 13.0 Å². The Morgan fingerprint density at radius 3 is 2.33 bits per heavy atom. The second kappa shape index (κ2) is 9.34. The predicted octanol–water partition coefficient (Wildman–Crippen LogP) is 3.15. The first-order valence-electron chi connectivity index (χ1n) is 6.69. The molecule has 1 saturated heterocycles. The van der Waals surface area contributed by atoms with E-state index in [1.807, 2.05) is 27.7 Å². The lowest BCUT2D eigenvalue weighted by Crippen LogP contribution is -2.20. The van der Waals surface area contributed by atoms with Gasteiger partial charge in [0.25, 0.3) is 0 Å². The smallest absolute Gasteiger partial charge is 0.306 e. The van der Waals surface area contributed by atoms with Crippen LogP contribution in [0.2, 0.25) is 0 Å². The summed E-state index contributed by atoms with van der Waals surface area (Å²) in [7, 11) is 1.69. The number of carbonyl (C=O) groups excluding carboxylic acids is 1. The lowest BCUT2D eigenvalue weighted by atomic mass is 9.93. The van der Waals surface area contributed by atoms with Crippen molar-refractivity contribution in [3.63, 3.8) is 0 Å². The highest BCUT2D eigenvalue weighted by Crippen LogP contribution is 2.18. The molecule has 4 nitrogen and oxygen atoms in total. The Morgan fingerprint density at radius 2 is 2.00 bits per heavy atom. The topological polar surface area (TPSA) is 44.8 Å². The molecule has 0 bridgehead atoms. The number of hydrogen-bond donors (Lipinski definition) is 0. The highest BCUT2D eigenvalue weighted by Gasteiger charge is 2.16. The van der Waals surface area contributed by atoms with Gasteiger partial charge in [-0.15, -0.1) is 0 Å². The summed E-state index contributed by atoms with van der Waals surface area (Å²) in [6.45, 7) is 9.23. The second-order valence-corrected chi connectivity index (χ2v) is 5.57. The molecule has 1 unspecified atom stereocenters. The Morgan fingerprint density at radius 1 is 1.33 bits per heavy atom. The van der Waals surface area contributed by atoms with E-state index in [1.165, 1.54) is 12.8 Å². The Bertz CT molecular complexity index is 214. The van der Waals surface area contributed by atoms with Crippen LogP contribution in [-0.4, -0.2) is 32.6 Å². The van der Waals surface area contributed by atoms with E-state index in [0.29, 0.717) is 13.0 Å². The molecular formula is C14H28O4. The molecule has 1 heterocycles. The van der Waals surface area contributed by atoms with Crippen molar-refractivity contribution in [2.24, 2.45) is 5.41 Å². The summed E-state index contributed by atoms with van der Waals surface area (Å²) < 4.78 is 15.0. The van der Waals surface area contributed by atoms with Crippen molar-refractivity contribution in [2.45, 2.75) is 59.7 Å². The molecule has 1 aliphatic rings. The van der Waals surface area contributed by atoms with E-state index in [2.05, 4.69) is 0 Å². The normalized spacial score (nSPS) is 19.7. The molecule has 0 aromatic carbocycles. The molecule has 4 heteroatoms. The maximum Gasteiger partial charge on any atom is 0.306 e. The maximum atomic E-state index is 10.8. The molecule has 0 spiro atoms. The molecular weight excluding hydrogens is 232 g/mol. The van der Waals surface area contributed by atoms with Crippen molar-refractivity contribution in [1.82, 2.24) is 0 Å². The largest absolute Gasteiger partial charge is 0.466 e. The zero-order chi connectivity index (χ0) is 14.0. The monoisotopic (exact) mass is 260 g/mol. The van der Waals surface area contributed by atoms with E-state index in [-0.39, 0.29) is 17.7 Å². The van der Waals surface area contributed by atoms with Crippen LogP contribution in [0.4, 0.5) is 0 Å². The molecule has 1 aliphatic heterocycles. The van der Waals surface area contributed by atoms with Gasteiger partial charge in [-0.05, 0) is 31.6 Å². The summed E-state index contributed by atoms with van der Waals surface area (Å²) in [6, 6.07) is 0. The molecule has 1 atom stereocenters. The highest BCUT2D eigenvalue weighted by atomic mass is 16.7. The Balaban J connectivity index is 0.000000327. The van der Waals surface area contributed by atoms with Crippen molar-refractivity contribution in [3.05, 3.63) is 0 Å². The molecule has 1 fully saturated rings. The summed E-state index contributed by atoms with van der Waals surface area (Å²) in [6.07, 6.45) is 4.10. The van der Waals surface area contributed by atoms with E-state index in [1.54, 1.807) is 7.11 Å². The van der Waals surface area contributed by atoms with Gasteiger partial charge in [0.1, 0.15) is 0 Å². The van der Waals surface area contributed by atoms with Gasteiger partial charge in [0.15, 0.2) is 6.29 Å². The van der Waals surface area contributed by atoms with E-state index in [9.17, 15) is 4.79 Å². The molecule has 0 aliphatic carbocycles. The van der Waals surface area contributed by atoms with Crippen molar-refractivity contribution >= 4 is 5.97 Å². The zero-order valence-electron chi connectivity index (χ0n) is 12.5. The molecule has 1 rings (SSSR count). The highest BCUT2D eigenvalue weighted by molar-refractivity contribution is 5.70. The summed E-state index contributed by atoms with van der Waals surface area (Å²) in [4.78, 5) is 10.8. The molecule has 0 aromatic rings. The third-order valence-corrected chi connectivity index (χ3v) is 2.38. The number of methoxy groups -OCH3 is 1. The summed E-state index contributed by atoms with van der Waals surface area (Å²) >= 11 is 0. The average molecular weight is 260 g/mol. The molecule has 108 valence electrons. The Labute approximate surface area is 111 Å². The minimum Gasteiger partial charge on any atom is -0.466 e. The molecule has 0 N–H and O–H groups in total. The van der Waals surface area contributed by atoms with E-state index in [4.69, 9.17) is 14.2 Å². The standard InChI is InChI=1S/C8H16O2.C6H12O2/c1-5-10-7(9)6-8(2,3)4;1-7-6-4-2-3-5-8-6/h5-6H2,1-4H3;6H,2-5H2,1H3. The Kier molecular flexibility index (Phi) is 9.02. The molecule has 18 heavy (non-hydrogen) atoms. The van der Waals surface area contributed by atoms with Crippen LogP contribution in [0.1, 0.15) is 53.4 Å². The molecule has 0 amide bonds. The summed E-state index contributed by atoms with van der Waals surface area (Å²) in [5.41, 5.74) is 0.0479. The van der Waals surface area contributed by atoms with Gasteiger partial charge >= 0.3 is 5.97 Å². The third kappa shape index (κ3) is 10.5. The minimum atomic E-state index is -0.102. The Hall–Kier alpha value is -0.610. The quantitative estimate of drug-likeness (QED) is 0.731. The van der Waals surface area contributed by atoms with Gasteiger partial charge < -0.3 is 14.2 Å². The van der Waals surface area contributed by atoms with E-state index < -0.39 is 0 Å². The maximum absolute atomic E-state index is 10.8. The lowest BCUT2D eigenvalue weighted by molar-refractivity contribution is -0.145. The number of hydrogen-bond acceptors (Lipinski definition) is 4. The minimum absolute atomic E-state index is 0.0479. The van der Waals surface area contributed by atoms with Crippen LogP contribution < -0.4 is 0 Å². The SMILES string of the molecule is CCOC(=O)CC(C)(C)C.COC1CCCCO1. The number of esters is 1. The molecule has 0 radical (unpaired) electrons. The second-order valence-electron chi connectivity index (χ2n) is 5.57. The predicted molar refractivity (Wildman–Crippen MR) is 71.3 cm³/mol. The van der Waals surface area contributed by atoms with Crippen LogP contribution in [0, 0.1) is 5.41 Å². The van der Waals surface area contributed by atoms with Crippen LogP contribution in [0.3, 0.4) is 0 Å². The van der Waals surface area contributed by atoms with Crippen molar-refractivity contribution in [3.8, 4) is 0 Å². The molecule has 0 saturated carbocycles. The van der Waals surface area contributed by atoms with Crippen molar-refractivity contribution in [1.29, 1.82) is 0 Å². The lowest BCUT2D eigenvalue weighted by Gasteiger charge is -2.20. The van der Waals surface area contributed by atoms with Crippen molar-refractivity contribution in [2.75, 3.05) is 20.3 Å². The van der Waals surface area contributed by atoms with Gasteiger partial charge in [0.2, 0.25) is 0 Å². The fourth-order valence-electron chi connectivity index (χ4n) is 1.54. The van der Waals surface area contributed by atoms with E-state index >= 15 is 0 Å². The van der Waals surface area contributed by atoms with Gasteiger partial charge in [-0.1, -0.05) is 20.8 Å². The van der Waals surface area contributed by atoms with Gasteiger partial charge in [0, 0.05) is 13.7 Å². The van der Waals surface area contributed by atoms with Crippen molar-refractivity contribution < 1.29 is 19.0 Å². The number of carbonyl (C=O) groups is 1. The van der Waals surface area contributed by atoms with Crippen LogP contribution >= 0.6 is 0 Å². The van der Waals surface area contributed by atoms with Crippen LogP contribution in [0.5, 0.6) is 0 Å². The van der Waals surface area contributed by atoms with Gasteiger partial charge in [-0.2, -0.15) is 0 Å². The van der Waals surface area contributed by atoms with Crippen LogP contribution in [-0.2, 0) is 19.0 Å². The van der Waals surface area contributed by atoms with Gasteiger partial charge in [-0.3, -0.25) is 4.79 Å². The molecule has 0 aromatic heterocycles. The van der Waals surface area contributed by atoms with Crippen LogP contribution in [0.25, 0.3) is 0 Å². The first-order valence-corrected chi connectivity index (χ1v) is 6.69. The summed E-state index contributed by atoms with van der Waals surface area (Å²) in [5, 5.41) is 0. The fourth-order valence-corrected chi connectivity index (χ4v) is 1.54. The van der Waals surface area contributed by atoms with E-state index in [0.717, 1.165) is 13.0 Å². The number of rotatable bonds is 3. The third-order valence-electron chi connectivity index (χ3n) is 2.38. The first kappa shape index (κ1) is 17.4. The number of ether oxygens (including phenoxy) is 3. The average Bonchev–Trinajstić information content (AvgIpc) is 2.29. The van der Waals surface area contributed by atoms with Crippen LogP contribution in [0.15, 0.2) is 0 Å². The zero-order valence-corrected chi connectivity index (χ0v) is 12.5. The summed E-state index contributed by atoms with van der Waals surface area (Å²) in [5.74, 6) is -0.102. The van der Waals surface area contributed by atoms with Gasteiger partial charge in [-0.25, -0.2) is 0 Å².